The fraction of sp³-hybridized carbons (Fsp3) is 0.217. The third-order valence-electron chi connectivity index (χ3n) is 5.15. The van der Waals surface area contributed by atoms with Gasteiger partial charge in [-0.2, -0.15) is 0 Å². The van der Waals surface area contributed by atoms with E-state index in [1.807, 2.05) is 30.3 Å². The highest BCUT2D eigenvalue weighted by molar-refractivity contribution is 9.10. The van der Waals surface area contributed by atoms with Crippen molar-refractivity contribution in [3.63, 3.8) is 0 Å². The number of benzene rings is 2. The van der Waals surface area contributed by atoms with Gasteiger partial charge in [0, 0.05) is 11.8 Å². The van der Waals surface area contributed by atoms with Crippen LogP contribution in [0.4, 0.5) is 0 Å². The molecule has 0 aliphatic carbocycles. The number of sulfone groups is 1. The molecule has 1 aromatic heterocycles. The van der Waals surface area contributed by atoms with Crippen molar-refractivity contribution in [2.24, 2.45) is 0 Å². The summed E-state index contributed by atoms with van der Waals surface area (Å²) in [6.07, 6.45) is 1.68. The summed E-state index contributed by atoms with van der Waals surface area (Å²) >= 11 is 3.49. The lowest BCUT2D eigenvalue weighted by Crippen LogP contribution is -2.23. The molecule has 1 aliphatic heterocycles. The zero-order valence-electron chi connectivity index (χ0n) is 17.3. The molecule has 9 heteroatoms. The standard InChI is InChI=1S/C23H21BrN2O5S/c1-30-21-5-4-15(11-20(21)24)16-6-7-25-19(10-16)13-26-23(27)17-2-3-18-14-31-8-9-32(28,29)22(18)12-17/h2-7,10-12H,8-9,13-14H2,1H3,(H,26,27). The van der Waals surface area contributed by atoms with E-state index in [2.05, 4.69) is 26.2 Å². The number of nitrogens with one attached hydrogen (secondary N) is 1. The lowest BCUT2D eigenvalue weighted by atomic mass is 10.1. The van der Waals surface area contributed by atoms with Crippen LogP contribution in [0.5, 0.6) is 5.75 Å². The summed E-state index contributed by atoms with van der Waals surface area (Å²) in [7, 11) is -1.87. The first kappa shape index (κ1) is 22.4. The summed E-state index contributed by atoms with van der Waals surface area (Å²) in [4.78, 5) is 17.2. The van der Waals surface area contributed by atoms with Crippen LogP contribution in [0.25, 0.3) is 11.1 Å². The Kier molecular flexibility index (Phi) is 6.59. The van der Waals surface area contributed by atoms with Gasteiger partial charge in [-0.3, -0.25) is 9.78 Å². The minimum Gasteiger partial charge on any atom is -0.496 e. The molecule has 0 radical (unpaired) electrons. The first-order chi connectivity index (χ1) is 15.4. The molecule has 4 rings (SSSR count). The zero-order valence-corrected chi connectivity index (χ0v) is 19.7. The summed E-state index contributed by atoms with van der Waals surface area (Å²) in [6.45, 7) is 0.566. The first-order valence-corrected chi connectivity index (χ1v) is 12.3. The molecule has 0 fully saturated rings. The Morgan fingerprint density at radius 1 is 1.16 bits per heavy atom. The fourth-order valence-electron chi connectivity index (χ4n) is 3.44. The van der Waals surface area contributed by atoms with Crippen molar-refractivity contribution in [3.8, 4) is 16.9 Å². The maximum absolute atomic E-state index is 12.7. The first-order valence-electron chi connectivity index (χ1n) is 9.88. The van der Waals surface area contributed by atoms with Crippen LogP contribution in [-0.4, -0.2) is 38.8 Å². The molecule has 0 saturated carbocycles. The molecule has 1 N–H and O–H groups in total. The van der Waals surface area contributed by atoms with Crippen LogP contribution in [0.2, 0.25) is 0 Å². The van der Waals surface area contributed by atoms with Crippen LogP contribution in [0.1, 0.15) is 21.6 Å². The lowest BCUT2D eigenvalue weighted by Gasteiger charge is -2.10. The number of hydrogen-bond acceptors (Lipinski definition) is 6. The smallest absolute Gasteiger partial charge is 0.251 e. The Labute approximate surface area is 194 Å². The monoisotopic (exact) mass is 516 g/mol. The molecule has 0 saturated heterocycles. The van der Waals surface area contributed by atoms with E-state index in [9.17, 15) is 13.2 Å². The third kappa shape index (κ3) is 4.85. The van der Waals surface area contributed by atoms with Crippen LogP contribution < -0.4 is 10.1 Å². The zero-order chi connectivity index (χ0) is 22.7. The third-order valence-corrected chi connectivity index (χ3v) is 7.52. The van der Waals surface area contributed by atoms with Gasteiger partial charge in [-0.25, -0.2) is 8.42 Å². The predicted octanol–water partition coefficient (Wildman–Crippen LogP) is 3.75. The molecule has 166 valence electrons. The average molecular weight is 517 g/mol. The number of fused-ring (bicyclic) bond motifs is 1. The van der Waals surface area contributed by atoms with Crippen LogP contribution >= 0.6 is 15.9 Å². The number of pyridine rings is 1. The number of carbonyl (C=O) groups excluding carboxylic acids is 1. The average Bonchev–Trinajstić information content (AvgIpc) is 2.95. The number of methoxy groups -OCH3 is 1. The van der Waals surface area contributed by atoms with Crippen LogP contribution in [0, 0.1) is 0 Å². The van der Waals surface area contributed by atoms with Crippen molar-refractivity contribution >= 4 is 31.7 Å². The number of halogens is 1. The van der Waals surface area contributed by atoms with Gasteiger partial charge in [-0.1, -0.05) is 12.1 Å². The molecule has 0 unspecified atom stereocenters. The van der Waals surface area contributed by atoms with E-state index in [-0.39, 0.29) is 41.9 Å². The SMILES string of the molecule is COc1ccc(-c2ccnc(CNC(=O)c3ccc4c(c3)S(=O)(=O)CCOC4)c2)cc1Br. The molecular weight excluding hydrogens is 496 g/mol. The van der Waals surface area contributed by atoms with Gasteiger partial charge in [0.05, 0.1) is 47.7 Å². The molecule has 2 aromatic carbocycles. The van der Waals surface area contributed by atoms with E-state index in [0.29, 0.717) is 11.3 Å². The molecule has 0 atom stereocenters. The number of carbonyl (C=O) groups is 1. The number of hydrogen-bond donors (Lipinski definition) is 1. The van der Waals surface area contributed by atoms with Gasteiger partial charge < -0.3 is 14.8 Å². The fourth-order valence-corrected chi connectivity index (χ4v) is 5.37. The minimum absolute atomic E-state index is 0.0940. The van der Waals surface area contributed by atoms with Crippen LogP contribution in [0.3, 0.4) is 0 Å². The second kappa shape index (κ2) is 9.40. The largest absolute Gasteiger partial charge is 0.496 e. The van der Waals surface area contributed by atoms with Gasteiger partial charge in [0.25, 0.3) is 5.91 Å². The Morgan fingerprint density at radius 2 is 1.97 bits per heavy atom. The van der Waals surface area contributed by atoms with Crippen molar-refractivity contribution < 1.29 is 22.7 Å². The van der Waals surface area contributed by atoms with Crippen molar-refractivity contribution in [1.29, 1.82) is 0 Å². The number of aromatic nitrogens is 1. The Balaban J connectivity index is 1.50. The molecule has 1 aliphatic rings. The van der Waals surface area contributed by atoms with Gasteiger partial charge >= 0.3 is 0 Å². The highest BCUT2D eigenvalue weighted by atomic mass is 79.9. The van der Waals surface area contributed by atoms with Gasteiger partial charge in [0.1, 0.15) is 5.75 Å². The summed E-state index contributed by atoms with van der Waals surface area (Å²) in [6, 6.07) is 14.2. The highest BCUT2D eigenvalue weighted by Crippen LogP contribution is 2.30. The number of rotatable bonds is 5. The lowest BCUT2D eigenvalue weighted by molar-refractivity contribution is 0.0950. The van der Waals surface area contributed by atoms with Crippen molar-refractivity contribution in [2.45, 2.75) is 18.0 Å². The molecular formula is C23H21BrN2O5S. The van der Waals surface area contributed by atoms with Gasteiger partial charge in [0.2, 0.25) is 0 Å². The van der Waals surface area contributed by atoms with E-state index < -0.39 is 9.84 Å². The molecule has 3 aromatic rings. The minimum atomic E-state index is -3.48. The molecule has 32 heavy (non-hydrogen) atoms. The second-order valence-corrected chi connectivity index (χ2v) is 10.2. The Hall–Kier alpha value is -2.75. The van der Waals surface area contributed by atoms with Crippen molar-refractivity contribution in [1.82, 2.24) is 10.3 Å². The summed E-state index contributed by atoms with van der Waals surface area (Å²) in [5.41, 5.74) is 3.46. The maximum Gasteiger partial charge on any atom is 0.251 e. The second-order valence-electron chi connectivity index (χ2n) is 7.26. The molecule has 0 spiro atoms. The van der Waals surface area contributed by atoms with Crippen LogP contribution in [-0.2, 0) is 27.7 Å². The summed E-state index contributed by atoms with van der Waals surface area (Å²) < 4.78 is 36.3. The normalized spacial score (nSPS) is 14.8. The Bertz CT molecular complexity index is 1280. The van der Waals surface area contributed by atoms with E-state index in [1.54, 1.807) is 25.4 Å². The number of nitrogens with zero attached hydrogens (tertiary/aromatic N) is 1. The summed E-state index contributed by atoms with van der Waals surface area (Å²) in [5, 5.41) is 2.82. The molecule has 1 amide bonds. The predicted molar refractivity (Wildman–Crippen MR) is 123 cm³/mol. The van der Waals surface area contributed by atoms with Gasteiger partial charge in [-0.05, 0) is 69.0 Å². The van der Waals surface area contributed by atoms with E-state index in [1.165, 1.54) is 6.07 Å². The molecule has 7 nitrogen and oxygen atoms in total. The quantitative estimate of drug-likeness (QED) is 0.554. The number of ether oxygens (including phenoxy) is 2. The summed E-state index contributed by atoms with van der Waals surface area (Å²) in [5.74, 6) is 0.278. The number of amides is 1. The van der Waals surface area contributed by atoms with Gasteiger partial charge in [0.15, 0.2) is 9.84 Å². The van der Waals surface area contributed by atoms with E-state index in [4.69, 9.17) is 9.47 Å². The molecule has 0 bridgehead atoms. The van der Waals surface area contributed by atoms with Crippen molar-refractivity contribution in [3.05, 3.63) is 76.0 Å². The van der Waals surface area contributed by atoms with Crippen LogP contribution in [0.15, 0.2) is 64.1 Å². The molecule has 2 heterocycles. The Morgan fingerprint density at radius 3 is 2.75 bits per heavy atom. The van der Waals surface area contributed by atoms with Crippen molar-refractivity contribution in [2.75, 3.05) is 19.5 Å². The maximum atomic E-state index is 12.7. The van der Waals surface area contributed by atoms with E-state index >= 15 is 0 Å². The van der Waals surface area contributed by atoms with Gasteiger partial charge in [-0.15, -0.1) is 0 Å². The highest BCUT2D eigenvalue weighted by Gasteiger charge is 2.23. The topological polar surface area (TPSA) is 94.6 Å². The van der Waals surface area contributed by atoms with E-state index in [0.717, 1.165) is 21.3 Å².